The number of rotatable bonds is 7. The number of hydrogen-bond donors (Lipinski definition) is 0. The van der Waals surface area contributed by atoms with Crippen molar-refractivity contribution in [3.63, 3.8) is 0 Å². The number of carbonyl (C=O) groups is 2. The molecule has 1 aliphatic heterocycles. The Morgan fingerprint density at radius 1 is 1.14 bits per heavy atom. The van der Waals surface area contributed by atoms with Gasteiger partial charge < -0.3 is 9.80 Å². The summed E-state index contributed by atoms with van der Waals surface area (Å²) in [4.78, 5) is 34.8. The fourth-order valence-electron chi connectivity index (χ4n) is 4.99. The van der Waals surface area contributed by atoms with Crippen LogP contribution in [0.5, 0.6) is 0 Å². The molecule has 0 bridgehead atoms. The summed E-state index contributed by atoms with van der Waals surface area (Å²) < 4.78 is 1.66. The van der Waals surface area contributed by atoms with Crippen LogP contribution in [0.3, 0.4) is 0 Å². The standard InChI is InChI=1S/C27H33N5O2S/c1-19-17-24(31(3)29-19)27(34)30(2)23(18-20-9-6-5-7-10-20)21-12-15-32(16-13-21)26(33)22-11-8-14-28-25(22)35-4/h5-11,14,17,21,23H,12-13,15-16,18H2,1-4H3/t23-/m0/s1. The first kappa shape index (κ1) is 25.0. The zero-order valence-electron chi connectivity index (χ0n) is 20.8. The van der Waals surface area contributed by atoms with Gasteiger partial charge in [0.05, 0.1) is 11.3 Å². The van der Waals surface area contributed by atoms with Crippen LogP contribution in [0, 0.1) is 12.8 Å². The third-order valence-electron chi connectivity index (χ3n) is 6.89. The number of likely N-dealkylation sites (tertiary alicyclic amines) is 1. The lowest BCUT2D eigenvalue weighted by atomic mass is 9.84. The molecule has 3 heterocycles. The summed E-state index contributed by atoms with van der Waals surface area (Å²) in [6.45, 7) is 3.24. The Balaban J connectivity index is 1.51. The van der Waals surface area contributed by atoms with E-state index in [4.69, 9.17) is 0 Å². The maximum Gasteiger partial charge on any atom is 0.272 e. The second-order valence-corrected chi connectivity index (χ2v) is 9.95. The van der Waals surface area contributed by atoms with Gasteiger partial charge in [-0.1, -0.05) is 30.3 Å². The van der Waals surface area contributed by atoms with Crippen LogP contribution < -0.4 is 0 Å². The van der Waals surface area contributed by atoms with Crippen LogP contribution in [0.15, 0.2) is 59.8 Å². The Hall–Kier alpha value is -3.13. The zero-order valence-corrected chi connectivity index (χ0v) is 21.7. The van der Waals surface area contributed by atoms with Gasteiger partial charge in [-0.2, -0.15) is 5.10 Å². The predicted molar refractivity (Wildman–Crippen MR) is 139 cm³/mol. The lowest BCUT2D eigenvalue weighted by Crippen LogP contribution is -2.48. The highest BCUT2D eigenvalue weighted by Crippen LogP contribution is 2.29. The van der Waals surface area contributed by atoms with Crippen LogP contribution in [0.1, 0.15) is 44.9 Å². The van der Waals surface area contributed by atoms with Crippen molar-refractivity contribution in [2.75, 3.05) is 26.4 Å². The molecule has 7 nitrogen and oxygen atoms in total. The summed E-state index contributed by atoms with van der Waals surface area (Å²) in [7, 11) is 3.71. The van der Waals surface area contributed by atoms with Gasteiger partial charge in [0.25, 0.3) is 11.8 Å². The van der Waals surface area contributed by atoms with Crippen molar-refractivity contribution in [1.82, 2.24) is 24.6 Å². The first-order valence-electron chi connectivity index (χ1n) is 12.0. The van der Waals surface area contributed by atoms with E-state index in [1.54, 1.807) is 10.9 Å². The van der Waals surface area contributed by atoms with Gasteiger partial charge >= 0.3 is 0 Å². The number of amides is 2. The third-order valence-corrected chi connectivity index (χ3v) is 7.60. The van der Waals surface area contributed by atoms with Crippen LogP contribution in [0.4, 0.5) is 0 Å². The Kier molecular flexibility index (Phi) is 7.90. The number of aromatic nitrogens is 3. The van der Waals surface area contributed by atoms with Gasteiger partial charge in [0.2, 0.25) is 0 Å². The monoisotopic (exact) mass is 491 g/mol. The molecule has 0 N–H and O–H groups in total. The first-order chi connectivity index (χ1) is 16.9. The molecule has 0 unspecified atom stereocenters. The Morgan fingerprint density at radius 2 is 1.86 bits per heavy atom. The quantitative estimate of drug-likeness (QED) is 0.466. The molecule has 2 amide bonds. The van der Waals surface area contributed by atoms with E-state index < -0.39 is 0 Å². The molecule has 0 spiro atoms. The van der Waals surface area contributed by atoms with E-state index in [9.17, 15) is 9.59 Å². The highest BCUT2D eigenvalue weighted by atomic mass is 32.2. The van der Waals surface area contributed by atoms with Gasteiger partial charge in [-0.25, -0.2) is 4.98 Å². The molecular weight excluding hydrogens is 458 g/mol. The molecule has 4 rings (SSSR count). The molecule has 35 heavy (non-hydrogen) atoms. The molecule has 1 fully saturated rings. The lowest BCUT2D eigenvalue weighted by molar-refractivity contribution is 0.0514. The van der Waals surface area contributed by atoms with Crippen molar-refractivity contribution in [2.24, 2.45) is 13.0 Å². The summed E-state index contributed by atoms with van der Waals surface area (Å²) >= 11 is 1.49. The molecule has 1 aromatic carbocycles. The molecule has 1 aliphatic rings. The third kappa shape index (κ3) is 5.59. The maximum absolute atomic E-state index is 13.5. The highest BCUT2D eigenvalue weighted by Gasteiger charge is 2.34. The molecule has 1 atom stereocenters. The summed E-state index contributed by atoms with van der Waals surface area (Å²) in [6, 6.07) is 15.9. The SMILES string of the molecule is CSc1ncccc1C(=O)N1CCC([C@H](Cc2ccccc2)N(C)C(=O)c2cc(C)nn2C)CC1. The zero-order chi connectivity index (χ0) is 24.9. The number of pyridine rings is 1. The van der Waals surface area contributed by atoms with E-state index in [2.05, 4.69) is 22.2 Å². The number of hydrogen-bond acceptors (Lipinski definition) is 5. The minimum atomic E-state index is -0.0208. The average molecular weight is 492 g/mol. The Morgan fingerprint density at radius 3 is 2.49 bits per heavy atom. The molecule has 0 saturated carbocycles. The number of benzene rings is 1. The Bertz CT molecular complexity index is 1170. The fourth-order valence-corrected chi connectivity index (χ4v) is 5.53. The lowest BCUT2D eigenvalue weighted by Gasteiger charge is -2.40. The van der Waals surface area contributed by atoms with E-state index in [-0.39, 0.29) is 23.8 Å². The van der Waals surface area contributed by atoms with Gasteiger partial charge in [-0.3, -0.25) is 14.3 Å². The van der Waals surface area contributed by atoms with E-state index in [1.807, 2.05) is 73.5 Å². The molecule has 1 saturated heterocycles. The maximum atomic E-state index is 13.5. The predicted octanol–water partition coefficient (Wildman–Crippen LogP) is 4.08. The molecule has 8 heteroatoms. The van der Waals surface area contributed by atoms with Crippen LogP contribution in [-0.4, -0.2) is 68.8 Å². The summed E-state index contributed by atoms with van der Waals surface area (Å²) in [5.74, 6) is 0.305. The van der Waals surface area contributed by atoms with Crippen LogP contribution in [0.25, 0.3) is 0 Å². The molecule has 0 radical (unpaired) electrons. The number of piperidine rings is 1. The minimum Gasteiger partial charge on any atom is -0.339 e. The van der Waals surface area contributed by atoms with Crippen molar-refractivity contribution >= 4 is 23.6 Å². The van der Waals surface area contributed by atoms with E-state index >= 15 is 0 Å². The second-order valence-electron chi connectivity index (χ2n) is 9.16. The highest BCUT2D eigenvalue weighted by molar-refractivity contribution is 7.98. The van der Waals surface area contributed by atoms with Gasteiger partial charge in [0.1, 0.15) is 10.7 Å². The molecule has 184 valence electrons. The first-order valence-corrected chi connectivity index (χ1v) is 13.2. The summed E-state index contributed by atoms with van der Waals surface area (Å²) in [5, 5.41) is 5.12. The van der Waals surface area contributed by atoms with Crippen molar-refractivity contribution in [3.8, 4) is 0 Å². The van der Waals surface area contributed by atoms with E-state index in [0.717, 1.165) is 30.0 Å². The average Bonchev–Trinajstić information content (AvgIpc) is 3.24. The van der Waals surface area contributed by atoms with Gasteiger partial charge in [0.15, 0.2) is 0 Å². The van der Waals surface area contributed by atoms with Crippen molar-refractivity contribution in [1.29, 1.82) is 0 Å². The number of likely N-dealkylation sites (N-methyl/N-ethyl adjacent to an activating group) is 1. The van der Waals surface area contributed by atoms with Crippen molar-refractivity contribution < 1.29 is 9.59 Å². The summed E-state index contributed by atoms with van der Waals surface area (Å²) in [6.07, 6.45) is 6.13. The van der Waals surface area contributed by atoms with Crippen LogP contribution >= 0.6 is 11.8 Å². The summed E-state index contributed by atoms with van der Waals surface area (Å²) in [5.41, 5.74) is 3.29. The van der Waals surface area contributed by atoms with Crippen LogP contribution in [-0.2, 0) is 13.5 Å². The number of nitrogens with zero attached hydrogens (tertiary/aromatic N) is 5. The van der Waals surface area contributed by atoms with Crippen molar-refractivity contribution in [2.45, 2.75) is 37.3 Å². The van der Waals surface area contributed by atoms with E-state index in [1.165, 1.54) is 17.3 Å². The largest absolute Gasteiger partial charge is 0.339 e. The fraction of sp³-hybridized carbons (Fsp3) is 0.407. The number of thioether (sulfide) groups is 1. The van der Waals surface area contributed by atoms with Gasteiger partial charge in [-0.15, -0.1) is 11.8 Å². The molecule has 2 aromatic heterocycles. The number of aryl methyl sites for hydroxylation is 2. The second kappa shape index (κ2) is 11.1. The molecular formula is C27H33N5O2S. The Labute approximate surface area is 211 Å². The van der Waals surface area contributed by atoms with Gasteiger partial charge in [0, 0.05) is 39.4 Å². The van der Waals surface area contributed by atoms with Crippen molar-refractivity contribution in [3.05, 3.63) is 77.2 Å². The normalized spacial score (nSPS) is 15.1. The van der Waals surface area contributed by atoms with Gasteiger partial charge in [-0.05, 0) is 62.1 Å². The molecule has 3 aromatic rings. The molecule has 0 aliphatic carbocycles. The number of carbonyl (C=O) groups excluding carboxylic acids is 2. The van der Waals surface area contributed by atoms with E-state index in [0.29, 0.717) is 24.3 Å². The minimum absolute atomic E-state index is 0.0208. The topological polar surface area (TPSA) is 71.3 Å². The smallest absolute Gasteiger partial charge is 0.272 e. The van der Waals surface area contributed by atoms with Crippen LogP contribution in [0.2, 0.25) is 0 Å².